The maximum atomic E-state index is 5.78. The molecule has 1 atom stereocenters. The van der Waals surface area contributed by atoms with Crippen molar-refractivity contribution >= 4 is 28.1 Å². The Bertz CT molecular complexity index is 266. The van der Waals surface area contributed by atoms with Gasteiger partial charge in [0.1, 0.15) is 0 Å². The highest BCUT2D eigenvalue weighted by Gasteiger charge is 2.13. The van der Waals surface area contributed by atoms with Gasteiger partial charge >= 0.3 is 0 Å². The smallest absolute Gasteiger partial charge is 0.185 e. The van der Waals surface area contributed by atoms with Gasteiger partial charge in [-0.2, -0.15) is 0 Å². The molecule has 0 N–H and O–H groups in total. The summed E-state index contributed by atoms with van der Waals surface area (Å²) >= 11 is 7.50. The van der Waals surface area contributed by atoms with Gasteiger partial charge in [-0.1, -0.05) is 0 Å². The quantitative estimate of drug-likeness (QED) is 0.726. The first-order valence-electron chi connectivity index (χ1n) is 4.29. The minimum atomic E-state index is 0.339. The molecule has 1 unspecified atom stereocenters. The van der Waals surface area contributed by atoms with Crippen molar-refractivity contribution in [2.75, 3.05) is 17.8 Å². The molecule has 2 nitrogen and oxygen atoms in total. The van der Waals surface area contributed by atoms with Gasteiger partial charge in [-0.25, -0.2) is 4.98 Å². The van der Waals surface area contributed by atoms with E-state index in [1.807, 2.05) is 14.0 Å². The molecule has 1 aromatic rings. The van der Waals surface area contributed by atoms with Crippen LogP contribution in [0.2, 0.25) is 0 Å². The fourth-order valence-electron chi connectivity index (χ4n) is 0.899. The number of anilines is 1. The van der Waals surface area contributed by atoms with Gasteiger partial charge in [0.15, 0.2) is 5.13 Å². The molecule has 74 valence electrons. The van der Waals surface area contributed by atoms with Crippen molar-refractivity contribution in [1.29, 1.82) is 0 Å². The SMILES string of the molecule is Cc1nc(N(C)C(C)CCl)sc1C. The molecule has 0 saturated heterocycles. The number of hydrogen-bond acceptors (Lipinski definition) is 3. The third kappa shape index (κ3) is 2.35. The summed E-state index contributed by atoms with van der Waals surface area (Å²) in [5.74, 6) is 0.633. The molecule has 1 aromatic heterocycles. The van der Waals surface area contributed by atoms with Gasteiger partial charge in [0.05, 0.1) is 5.69 Å². The Labute approximate surface area is 88.5 Å². The van der Waals surface area contributed by atoms with E-state index in [1.54, 1.807) is 11.3 Å². The largest absolute Gasteiger partial charge is 0.347 e. The van der Waals surface area contributed by atoms with Crippen LogP contribution in [0.3, 0.4) is 0 Å². The van der Waals surface area contributed by atoms with Crippen molar-refractivity contribution in [3.63, 3.8) is 0 Å². The van der Waals surface area contributed by atoms with Crippen LogP contribution in [0.5, 0.6) is 0 Å². The van der Waals surface area contributed by atoms with Crippen LogP contribution in [0, 0.1) is 13.8 Å². The predicted octanol–water partition coefficient (Wildman–Crippen LogP) is 2.82. The van der Waals surface area contributed by atoms with E-state index in [0.717, 1.165) is 10.8 Å². The van der Waals surface area contributed by atoms with Gasteiger partial charge in [-0.05, 0) is 20.8 Å². The van der Waals surface area contributed by atoms with Crippen LogP contribution in [0.4, 0.5) is 5.13 Å². The normalized spacial score (nSPS) is 13.0. The molecule has 0 aliphatic heterocycles. The fraction of sp³-hybridized carbons (Fsp3) is 0.667. The number of alkyl halides is 1. The first-order valence-corrected chi connectivity index (χ1v) is 5.64. The standard InChI is InChI=1S/C9H15ClN2S/c1-6(5-10)12(4)9-11-7(2)8(3)13-9/h6H,5H2,1-4H3. The van der Waals surface area contributed by atoms with Crippen molar-refractivity contribution < 1.29 is 0 Å². The molecule has 0 fully saturated rings. The van der Waals surface area contributed by atoms with Gasteiger partial charge < -0.3 is 4.90 Å². The lowest BCUT2D eigenvalue weighted by molar-refractivity contribution is 0.757. The first kappa shape index (κ1) is 10.8. The summed E-state index contributed by atoms with van der Waals surface area (Å²) in [6.07, 6.45) is 0. The van der Waals surface area contributed by atoms with Crippen molar-refractivity contribution in [1.82, 2.24) is 4.98 Å². The van der Waals surface area contributed by atoms with Crippen molar-refractivity contribution in [2.24, 2.45) is 0 Å². The second kappa shape index (κ2) is 4.29. The average Bonchev–Trinajstić information content (AvgIpc) is 2.44. The molecular weight excluding hydrogens is 204 g/mol. The zero-order valence-electron chi connectivity index (χ0n) is 8.47. The van der Waals surface area contributed by atoms with E-state index in [4.69, 9.17) is 11.6 Å². The lowest BCUT2D eigenvalue weighted by Gasteiger charge is -2.21. The van der Waals surface area contributed by atoms with E-state index in [-0.39, 0.29) is 0 Å². The Balaban J connectivity index is 2.82. The molecule has 13 heavy (non-hydrogen) atoms. The van der Waals surface area contributed by atoms with Gasteiger partial charge in [0.25, 0.3) is 0 Å². The lowest BCUT2D eigenvalue weighted by Crippen LogP contribution is -2.29. The van der Waals surface area contributed by atoms with Crippen molar-refractivity contribution in [3.05, 3.63) is 10.6 Å². The van der Waals surface area contributed by atoms with E-state index in [2.05, 4.69) is 23.7 Å². The summed E-state index contributed by atoms with van der Waals surface area (Å²) in [4.78, 5) is 7.87. The summed E-state index contributed by atoms with van der Waals surface area (Å²) in [6, 6.07) is 0.339. The highest BCUT2D eigenvalue weighted by molar-refractivity contribution is 7.15. The summed E-state index contributed by atoms with van der Waals surface area (Å²) in [5.41, 5.74) is 1.12. The molecule has 1 rings (SSSR count). The number of thiazole rings is 1. The van der Waals surface area contributed by atoms with Crippen LogP contribution < -0.4 is 4.90 Å². The van der Waals surface area contributed by atoms with E-state index in [1.165, 1.54) is 4.88 Å². The second-order valence-electron chi connectivity index (χ2n) is 3.25. The third-order valence-corrected chi connectivity index (χ3v) is 3.81. The molecule has 0 aliphatic carbocycles. The number of aromatic nitrogens is 1. The maximum absolute atomic E-state index is 5.78. The number of halogens is 1. The first-order chi connectivity index (χ1) is 6.06. The zero-order chi connectivity index (χ0) is 10.0. The molecule has 0 amide bonds. The van der Waals surface area contributed by atoms with Gasteiger partial charge in [0.2, 0.25) is 0 Å². The zero-order valence-corrected chi connectivity index (χ0v) is 10.0. The van der Waals surface area contributed by atoms with Crippen LogP contribution in [-0.4, -0.2) is 24.0 Å². The summed E-state index contributed by atoms with van der Waals surface area (Å²) in [6.45, 7) is 6.23. The molecule has 0 saturated carbocycles. The third-order valence-electron chi connectivity index (χ3n) is 2.20. The number of hydrogen-bond donors (Lipinski definition) is 0. The Morgan fingerprint density at radius 2 is 2.15 bits per heavy atom. The highest BCUT2D eigenvalue weighted by atomic mass is 35.5. The molecule has 1 heterocycles. The Morgan fingerprint density at radius 3 is 2.54 bits per heavy atom. The second-order valence-corrected chi connectivity index (χ2v) is 4.74. The lowest BCUT2D eigenvalue weighted by atomic mass is 10.4. The predicted molar refractivity (Wildman–Crippen MR) is 60.2 cm³/mol. The van der Waals surface area contributed by atoms with E-state index in [9.17, 15) is 0 Å². The van der Waals surface area contributed by atoms with Gasteiger partial charge in [0, 0.05) is 23.8 Å². The minimum absolute atomic E-state index is 0.339. The minimum Gasteiger partial charge on any atom is -0.347 e. The molecule has 0 aromatic carbocycles. The van der Waals surface area contributed by atoms with Crippen LogP contribution >= 0.6 is 22.9 Å². The molecule has 0 bridgehead atoms. The Hall–Kier alpha value is -0.280. The van der Waals surface area contributed by atoms with Crippen LogP contribution in [0.25, 0.3) is 0 Å². The Kier molecular flexibility index (Phi) is 3.56. The monoisotopic (exact) mass is 218 g/mol. The number of rotatable bonds is 3. The maximum Gasteiger partial charge on any atom is 0.185 e. The summed E-state index contributed by atoms with van der Waals surface area (Å²) < 4.78 is 0. The fourth-order valence-corrected chi connectivity index (χ4v) is 2.08. The van der Waals surface area contributed by atoms with Crippen LogP contribution in [0.15, 0.2) is 0 Å². The van der Waals surface area contributed by atoms with Crippen molar-refractivity contribution in [3.8, 4) is 0 Å². The topological polar surface area (TPSA) is 16.1 Å². The van der Waals surface area contributed by atoms with Gasteiger partial charge in [-0.15, -0.1) is 22.9 Å². The van der Waals surface area contributed by atoms with E-state index >= 15 is 0 Å². The number of aryl methyl sites for hydroxylation is 2. The molecule has 0 spiro atoms. The summed E-state index contributed by atoms with van der Waals surface area (Å²) in [5, 5.41) is 1.06. The number of nitrogens with zero attached hydrogens (tertiary/aromatic N) is 2. The average molecular weight is 219 g/mol. The molecule has 0 aliphatic rings. The van der Waals surface area contributed by atoms with Crippen LogP contribution in [0.1, 0.15) is 17.5 Å². The summed E-state index contributed by atoms with van der Waals surface area (Å²) in [7, 11) is 2.03. The molecule has 4 heteroatoms. The van der Waals surface area contributed by atoms with E-state index in [0.29, 0.717) is 11.9 Å². The highest BCUT2D eigenvalue weighted by Crippen LogP contribution is 2.25. The molecule has 0 radical (unpaired) electrons. The Morgan fingerprint density at radius 1 is 1.54 bits per heavy atom. The van der Waals surface area contributed by atoms with Gasteiger partial charge in [-0.3, -0.25) is 0 Å². The molecular formula is C9H15ClN2S. The van der Waals surface area contributed by atoms with E-state index < -0.39 is 0 Å². The van der Waals surface area contributed by atoms with Crippen molar-refractivity contribution in [2.45, 2.75) is 26.8 Å². The van der Waals surface area contributed by atoms with Crippen LogP contribution in [-0.2, 0) is 0 Å².